The first-order valence-electron chi connectivity index (χ1n) is 5.84. The summed E-state index contributed by atoms with van der Waals surface area (Å²) in [5.41, 5.74) is 0. The van der Waals surface area contributed by atoms with E-state index < -0.39 is 0 Å². The standard InChI is InChI=1S/C10H18N2O/c13-10(12-8-4-5-9-12)11-6-2-1-3-7-11/h1-9H2/i6D. The van der Waals surface area contributed by atoms with Crippen molar-refractivity contribution in [3.8, 4) is 0 Å². The summed E-state index contributed by atoms with van der Waals surface area (Å²) in [6, 6.07) is 0.0993. The van der Waals surface area contributed by atoms with E-state index in [1.165, 1.54) is 0 Å². The predicted octanol–water partition coefficient (Wildman–Crippen LogP) is 1.69. The molecule has 2 aliphatic heterocycles. The molecule has 2 aliphatic rings. The fraction of sp³-hybridized carbons (Fsp3) is 0.900. The number of carbonyl (C=O) groups excluding carboxylic acids is 1. The Labute approximate surface area is 81.1 Å². The van der Waals surface area contributed by atoms with Gasteiger partial charge in [-0.1, -0.05) is 0 Å². The molecule has 0 bridgehead atoms. The lowest BCUT2D eigenvalue weighted by Gasteiger charge is -2.30. The minimum atomic E-state index is -0.295. The van der Waals surface area contributed by atoms with Gasteiger partial charge in [0.2, 0.25) is 0 Å². The number of hydrogen-bond acceptors (Lipinski definition) is 1. The van der Waals surface area contributed by atoms with E-state index in [0.717, 1.165) is 51.7 Å². The van der Waals surface area contributed by atoms with Crippen LogP contribution in [0, 0.1) is 0 Å². The summed E-state index contributed by atoms with van der Waals surface area (Å²) in [5, 5.41) is 0. The fourth-order valence-corrected chi connectivity index (χ4v) is 2.03. The minimum absolute atomic E-state index is 0.0993. The molecule has 2 fully saturated rings. The van der Waals surface area contributed by atoms with Gasteiger partial charge in [0, 0.05) is 27.5 Å². The van der Waals surface area contributed by atoms with Crippen molar-refractivity contribution in [2.45, 2.75) is 32.1 Å². The highest BCUT2D eigenvalue weighted by molar-refractivity contribution is 5.74. The molecular formula is C10H18N2O. The summed E-state index contributed by atoms with van der Waals surface area (Å²) >= 11 is 0. The van der Waals surface area contributed by atoms with E-state index in [2.05, 4.69) is 0 Å². The number of hydrogen-bond donors (Lipinski definition) is 0. The van der Waals surface area contributed by atoms with Crippen LogP contribution < -0.4 is 0 Å². The van der Waals surface area contributed by atoms with Crippen LogP contribution in [0.3, 0.4) is 0 Å². The van der Waals surface area contributed by atoms with Gasteiger partial charge in [0.05, 0.1) is 0 Å². The lowest BCUT2D eigenvalue weighted by atomic mass is 10.1. The molecule has 2 saturated heterocycles. The van der Waals surface area contributed by atoms with Crippen molar-refractivity contribution in [1.82, 2.24) is 9.80 Å². The molecule has 13 heavy (non-hydrogen) atoms. The molecule has 0 saturated carbocycles. The van der Waals surface area contributed by atoms with Crippen molar-refractivity contribution in [2.24, 2.45) is 0 Å². The van der Waals surface area contributed by atoms with Crippen LogP contribution in [-0.4, -0.2) is 42.0 Å². The highest BCUT2D eigenvalue weighted by Crippen LogP contribution is 2.14. The fourth-order valence-electron chi connectivity index (χ4n) is 2.03. The lowest BCUT2D eigenvalue weighted by Crippen LogP contribution is -2.44. The van der Waals surface area contributed by atoms with Crippen molar-refractivity contribution in [1.29, 1.82) is 0 Å². The van der Waals surface area contributed by atoms with Gasteiger partial charge in [0.1, 0.15) is 0 Å². The molecule has 2 amide bonds. The van der Waals surface area contributed by atoms with Gasteiger partial charge in [-0.15, -0.1) is 0 Å². The largest absolute Gasteiger partial charge is 0.325 e. The molecule has 0 spiro atoms. The van der Waals surface area contributed by atoms with Crippen LogP contribution in [0.15, 0.2) is 0 Å². The second-order valence-corrected chi connectivity index (χ2v) is 3.85. The second-order valence-electron chi connectivity index (χ2n) is 3.85. The van der Waals surface area contributed by atoms with E-state index in [0.29, 0.717) is 0 Å². The number of amides is 2. The average molecular weight is 183 g/mol. The molecule has 3 nitrogen and oxygen atoms in total. The Hall–Kier alpha value is -0.730. The van der Waals surface area contributed by atoms with Crippen LogP contribution in [0.2, 0.25) is 0 Å². The van der Waals surface area contributed by atoms with E-state index in [1.807, 2.05) is 4.90 Å². The van der Waals surface area contributed by atoms with Crippen LogP contribution in [0.1, 0.15) is 33.5 Å². The second kappa shape index (κ2) is 3.99. The summed E-state index contributed by atoms with van der Waals surface area (Å²) < 4.78 is 7.80. The number of nitrogens with zero attached hydrogens (tertiary/aromatic N) is 2. The number of likely N-dealkylation sites (tertiary alicyclic amines) is 2. The van der Waals surface area contributed by atoms with Crippen LogP contribution in [0.25, 0.3) is 0 Å². The summed E-state index contributed by atoms with van der Waals surface area (Å²) in [4.78, 5) is 15.6. The summed E-state index contributed by atoms with van der Waals surface area (Å²) in [6.45, 7) is 2.27. The number of rotatable bonds is 0. The van der Waals surface area contributed by atoms with E-state index in [4.69, 9.17) is 1.37 Å². The molecule has 2 rings (SSSR count). The molecule has 3 heteroatoms. The van der Waals surface area contributed by atoms with Gasteiger partial charge in [-0.2, -0.15) is 0 Å². The van der Waals surface area contributed by atoms with Crippen molar-refractivity contribution < 1.29 is 6.17 Å². The van der Waals surface area contributed by atoms with E-state index in [1.54, 1.807) is 4.90 Å². The molecule has 0 aromatic carbocycles. The number of carbonyl (C=O) groups is 1. The summed E-state index contributed by atoms with van der Waals surface area (Å²) in [7, 11) is 0. The maximum Gasteiger partial charge on any atom is 0.319 e. The first-order chi connectivity index (χ1) is 6.79. The van der Waals surface area contributed by atoms with Gasteiger partial charge < -0.3 is 9.80 Å². The highest BCUT2D eigenvalue weighted by Gasteiger charge is 2.24. The maximum absolute atomic E-state index is 11.9. The van der Waals surface area contributed by atoms with Gasteiger partial charge in [-0.25, -0.2) is 4.79 Å². The van der Waals surface area contributed by atoms with Crippen LogP contribution >= 0.6 is 0 Å². The maximum atomic E-state index is 11.9. The first kappa shape index (κ1) is 7.65. The number of piperidine rings is 1. The molecule has 0 N–H and O–H groups in total. The van der Waals surface area contributed by atoms with Crippen LogP contribution in [0.4, 0.5) is 4.79 Å². The van der Waals surface area contributed by atoms with Crippen LogP contribution in [-0.2, 0) is 0 Å². The van der Waals surface area contributed by atoms with Crippen molar-refractivity contribution in [3.63, 3.8) is 0 Å². The van der Waals surface area contributed by atoms with Crippen molar-refractivity contribution >= 4 is 6.03 Å². The monoisotopic (exact) mass is 183 g/mol. The summed E-state index contributed by atoms with van der Waals surface area (Å²) in [5.74, 6) is 0. The zero-order chi connectivity index (χ0) is 9.97. The van der Waals surface area contributed by atoms with E-state index >= 15 is 0 Å². The molecule has 1 atom stereocenters. The SMILES string of the molecule is [2H]C1CCCCN1C(=O)N1CCCC1. The zero-order valence-corrected chi connectivity index (χ0v) is 8.04. The molecule has 0 aromatic heterocycles. The average Bonchev–Trinajstić information content (AvgIpc) is 2.70. The molecule has 74 valence electrons. The third-order valence-corrected chi connectivity index (χ3v) is 2.82. The smallest absolute Gasteiger partial charge is 0.319 e. The predicted molar refractivity (Wildman–Crippen MR) is 51.6 cm³/mol. The molecular weight excluding hydrogens is 164 g/mol. The van der Waals surface area contributed by atoms with Gasteiger partial charge in [-0.3, -0.25) is 0 Å². The molecule has 0 aliphatic carbocycles. The molecule has 0 radical (unpaired) electrons. The van der Waals surface area contributed by atoms with Gasteiger partial charge in [0.25, 0.3) is 0 Å². The lowest BCUT2D eigenvalue weighted by molar-refractivity contribution is 0.152. The normalized spacial score (nSPS) is 30.5. The topological polar surface area (TPSA) is 23.6 Å². The Morgan fingerprint density at radius 1 is 0.923 bits per heavy atom. The zero-order valence-electron chi connectivity index (χ0n) is 9.04. The minimum Gasteiger partial charge on any atom is -0.325 e. The molecule has 1 unspecified atom stereocenters. The van der Waals surface area contributed by atoms with Crippen molar-refractivity contribution in [3.05, 3.63) is 0 Å². The third-order valence-electron chi connectivity index (χ3n) is 2.82. The Bertz CT molecular complexity index is 216. The summed E-state index contributed by atoms with van der Waals surface area (Å²) in [6.07, 6.45) is 5.26. The van der Waals surface area contributed by atoms with Gasteiger partial charge in [-0.05, 0) is 32.1 Å². The van der Waals surface area contributed by atoms with Gasteiger partial charge >= 0.3 is 6.03 Å². The molecule has 2 heterocycles. The Kier molecular flexibility index (Phi) is 2.35. The van der Waals surface area contributed by atoms with E-state index in [9.17, 15) is 4.79 Å². The number of urea groups is 1. The van der Waals surface area contributed by atoms with Gasteiger partial charge in [0.15, 0.2) is 0 Å². The van der Waals surface area contributed by atoms with E-state index in [-0.39, 0.29) is 12.6 Å². The molecule has 0 aromatic rings. The van der Waals surface area contributed by atoms with Crippen molar-refractivity contribution in [2.75, 3.05) is 26.2 Å². The van der Waals surface area contributed by atoms with Crippen LogP contribution in [0.5, 0.6) is 0 Å². The third kappa shape index (κ3) is 1.95. The Morgan fingerprint density at radius 2 is 1.54 bits per heavy atom. The Morgan fingerprint density at radius 3 is 2.23 bits per heavy atom. The highest BCUT2D eigenvalue weighted by atomic mass is 16.2. The quantitative estimate of drug-likeness (QED) is 0.560. The first-order valence-corrected chi connectivity index (χ1v) is 5.27. The Balaban J connectivity index is 1.94.